The topological polar surface area (TPSA) is 59.2 Å². The third kappa shape index (κ3) is 3.37. The molecular weight excluding hydrogens is 388 g/mol. The van der Waals surface area contributed by atoms with Gasteiger partial charge in [-0.1, -0.05) is 30.3 Å². The number of fused-ring (bicyclic) bond motifs is 3. The molecule has 0 radical (unpaired) electrons. The molecule has 3 aromatic rings. The van der Waals surface area contributed by atoms with Gasteiger partial charge in [0.1, 0.15) is 11.5 Å². The molecule has 7 heteroatoms. The molecule has 2 aliphatic heterocycles. The third-order valence-electron chi connectivity index (χ3n) is 7.00. The summed E-state index contributed by atoms with van der Waals surface area (Å²) in [6.07, 6.45) is 5.18. The van der Waals surface area contributed by atoms with E-state index in [9.17, 15) is 4.79 Å². The molecule has 0 unspecified atom stereocenters. The first-order chi connectivity index (χ1) is 14.9. The first-order valence-electron chi connectivity index (χ1n) is 11.0. The van der Waals surface area contributed by atoms with E-state index in [1.807, 2.05) is 36.1 Å². The minimum absolute atomic E-state index is 0.0154. The van der Waals surface area contributed by atoms with Crippen molar-refractivity contribution in [2.75, 3.05) is 14.1 Å². The molecule has 2 aliphatic rings. The molecule has 1 saturated heterocycles. The van der Waals surface area contributed by atoms with E-state index in [1.54, 1.807) is 19.0 Å². The van der Waals surface area contributed by atoms with Gasteiger partial charge in [0.25, 0.3) is 5.91 Å². The molecule has 2 aromatic heterocycles. The number of hydrogen-bond acceptors (Lipinski definition) is 4. The molecule has 1 fully saturated rings. The van der Waals surface area contributed by atoms with Gasteiger partial charge in [-0.3, -0.25) is 14.4 Å². The number of aromatic nitrogens is 4. The summed E-state index contributed by atoms with van der Waals surface area (Å²) in [6, 6.07) is 11.1. The van der Waals surface area contributed by atoms with Gasteiger partial charge in [-0.05, 0) is 19.8 Å². The number of carbonyl (C=O) groups excluding carboxylic acids is 1. The largest absolute Gasteiger partial charge is 0.343 e. The number of benzene rings is 1. The molecule has 31 heavy (non-hydrogen) atoms. The first kappa shape index (κ1) is 20.0. The lowest BCUT2D eigenvalue weighted by atomic mass is 10.0. The summed E-state index contributed by atoms with van der Waals surface area (Å²) >= 11 is 0. The maximum absolute atomic E-state index is 13.0. The van der Waals surface area contributed by atoms with E-state index in [4.69, 9.17) is 4.98 Å². The van der Waals surface area contributed by atoms with Crippen LogP contribution in [0.2, 0.25) is 0 Å². The number of amides is 1. The smallest absolute Gasteiger partial charge is 0.273 e. The average molecular weight is 419 g/mol. The molecule has 5 rings (SSSR count). The van der Waals surface area contributed by atoms with E-state index >= 15 is 0 Å². The molecule has 1 amide bonds. The molecule has 7 nitrogen and oxygen atoms in total. The van der Waals surface area contributed by atoms with Crippen LogP contribution in [-0.2, 0) is 26.6 Å². The summed E-state index contributed by atoms with van der Waals surface area (Å²) in [4.78, 5) is 22.2. The lowest BCUT2D eigenvalue weighted by Crippen LogP contribution is -2.36. The fraction of sp³-hybridized carbons (Fsp3) is 0.458. The maximum atomic E-state index is 13.0. The Balaban J connectivity index is 1.56. The Hall–Kier alpha value is -2.93. The van der Waals surface area contributed by atoms with E-state index in [0.29, 0.717) is 17.8 Å². The Morgan fingerprint density at radius 3 is 2.58 bits per heavy atom. The molecule has 4 heterocycles. The van der Waals surface area contributed by atoms with Crippen molar-refractivity contribution in [2.24, 2.45) is 7.05 Å². The van der Waals surface area contributed by atoms with E-state index in [-0.39, 0.29) is 5.91 Å². The molecule has 0 aliphatic carbocycles. The number of aryl methyl sites for hydroxylation is 1. The lowest BCUT2D eigenvalue weighted by molar-refractivity contribution is 0.0821. The zero-order chi connectivity index (χ0) is 21.7. The van der Waals surface area contributed by atoms with Crippen LogP contribution < -0.4 is 0 Å². The minimum atomic E-state index is -0.0154. The van der Waals surface area contributed by atoms with Gasteiger partial charge in [-0.15, -0.1) is 0 Å². The summed E-state index contributed by atoms with van der Waals surface area (Å²) in [5, 5.41) is 4.44. The molecule has 2 bridgehead atoms. The van der Waals surface area contributed by atoms with Gasteiger partial charge in [-0.25, -0.2) is 4.98 Å². The van der Waals surface area contributed by atoms with Crippen LogP contribution in [0.25, 0.3) is 11.4 Å². The second-order valence-electron chi connectivity index (χ2n) is 9.05. The highest BCUT2D eigenvalue weighted by Crippen LogP contribution is 2.36. The maximum Gasteiger partial charge on any atom is 0.273 e. The Morgan fingerprint density at radius 1 is 1.16 bits per heavy atom. The number of imidazole rings is 1. The highest BCUT2D eigenvalue weighted by molar-refractivity contribution is 5.94. The van der Waals surface area contributed by atoms with Crippen LogP contribution in [0.1, 0.15) is 40.3 Å². The van der Waals surface area contributed by atoms with Crippen LogP contribution in [0.3, 0.4) is 0 Å². The summed E-state index contributed by atoms with van der Waals surface area (Å²) in [7, 11) is 5.60. The second-order valence-corrected chi connectivity index (χ2v) is 9.05. The predicted molar refractivity (Wildman–Crippen MR) is 120 cm³/mol. The van der Waals surface area contributed by atoms with Crippen molar-refractivity contribution in [3.63, 3.8) is 0 Å². The van der Waals surface area contributed by atoms with Crippen LogP contribution >= 0.6 is 0 Å². The second kappa shape index (κ2) is 7.64. The van der Waals surface area contributed by atoms with Gasteiger partial charge in [-0.2, -0.15) is 5.10 Å². The Bertz CT molecular complexity index is 1110. The van der Waals surface area contributed by atoms with Crippen LogP contribution in [0.4, 0.5) is 0 Å². The van der Waals surface area contributed by atoms with Crippen molar-refractivity contribution >= 4 is 5.91 Å². The molecule has 2 atom stereocenters. The highest BCUT2D eigenvalue weighted by atomic mass is 16.2. The van der Waals surface area contributed by atoms with Crippen LogP contribution in [-0.4, -0.2) is 61.2 Å². The number of rotatable bonds is 4. The fourth-order valence-corrected chi connectivity index (χ4v) is 5.10. The van der Waals surface area contributed by atoms with Crippen LogP contribution in [0.15, 0.2) is 36.5 Å². The molecule has 0 spiro atoms. The monoisotopic (exact) mass is 418 g/mol. The molecule has 0 N–H and O–H groups in total. The zero-order valence-corrected chi connectivity index (χ0v) is 18.7. The summed E-state index contributed by atoms with van der Waals surface area (Å²) < 4.78 is 4.27. The predicted octanol–water partition coefficient (Wildman–Crippen LogP) is 2.88. The average Bonchev–Trinajstić information content (AvgIpc) is 3.37. The molecular formula is C24H30N6O. The first-order valence-corrected chi connectivity index (χ1v) is 11.0. The SMILES string of the molecule is Cc1c(CN2[C@@H]3CC[C@H]2Cc2c(C(=O)N(C)C)nc(-c4ccccc4)n2C3)cnn1C. The fourth-order valence-electron chi connectivity index (χ4n) is 5.10. The Labute approximate surface area is 183 Å². The summed E-state index contributed by atoms with van der Waals surface area (Å²) in [5.74, 6) is 0.893. The van der Waals surface area contributed by atoms with Crippen molar-refractivity contribution < 1.29 is 4.79 Å². The van der Waals surface area contributed by atoms with Crippen molar-refractivity contribution in [3.8, 4) is 11.4 Å². The lowest BCUT2D eigenvalue weighted by Gasteiger charge is -2.27. The van der Waals surface area contributed by atoms with E-state index in [0.717, 1.165) is 43.0 Å². The summed E-state index contributed by atoms with van der Waals surface area (Å²) in [5.41, 5.74) is 5.26. The number of hydrogen-bond donors (Lipinski definition) is 0. The zero-order valence-electron chi connectivity index (χ0n) is 18.7. The van der Waals surface area contributed by atoms with Gasteiger partial charge in [0.15, 0.2) is 0 Å². The van der Waals surface area contributed by atoms with Gasteiger partial charge < -0.3 is 9.47 Å². The third-order valence-corrected chi connectivity index (χ3v) is 7.00. The number of nitrogens with zero attached hydrogens (tertiary/aromatic N) is 6. The van der Waals surface area contributed by atoms with Crippen molar-refractivity contribution in [1.82, 2.24) is 29.1 Å². The molecule has 162 valence electrons. The van der Waals surface area contributed by atoms with Gasteiger partial charge in [0.2, 0.25) is 0 Å². The van der Waals surface area contributed by atoms with Crippen LogP contribution in [0.5, 0.6) is 0 Å². The van der Waals surface area contributed by atoms with E-state index in [2.05, 4.69) is 33.6 Å². The van der Waals surface area contributed by atoms with Gasteiger partial charge >= 0.3 is 0 Å². The van der Waals surface area contributed by atoms with Crippen molar-refractivity contribution in [3.05, 3.63) is 59.2 Å². The Kier molecular flexibility index (Phi) is 4.93. The number of carbonyl (C=O) groups is 1. The van der Waals surface area contributed by atoms with Gasteiger partial charge in [0.05, 0.1) is 11.9 Å². The molecule has 0 saturated carbocycles. The van der Waals surface area contributed by atoms with Gasteiger partial charge in [0, 0.05) is 69.6 Å². The van der Waals surface area contributed by atoms with Crippen molar-refractivity contribution in [1.29, 1.82) is 0 Å². The van der Waals surface area contributed by atoms with E-state index in [1.165, 1.54) is 17.7 Å². The quantitative estimate of drug-likeness (QED) is 0.654. The van der Waals surface area contributed by atoms with E-state index < -0.39 is 0 Å². The highest BCUT2D eigenvalue weighted by Gasteiger charge is 2.40. The Morgan fingerprint density at radius 2 is 1.90 bits per heavy atom. The summed E-state index contributed by atoms with van der Waals surface area (Å²) in [6.45, 7) is 3.91. The van der Waals surface area contributed by atoms with Crippen LogP contribution in [0, 0.1) is 6.92 Å². The normalized spacial score (nSPS) is 20.5. The minimum Gasteiger partial charge on any atom is -0.343 e. The molecule has 1 aromatic carbocycles. The standard InChI is InChI=1S/C24H30N6O/c1-16-18(13-25-28(16)4)14-29-19-10-11-20(29)15-30-21(12-19)22(24(31)27(2)3)26-23(30)17-8-6-5-7-9-17/h5-9,13,19-20H,10-12,14-15H2,1-4H3/t19-,20+/m0/s1. The van der Waals surface area contributed by atoms with Crippen molar-refractivity contribution in [2.45, 2.75) is 51.4 Å².